The molecule has 1 saturated heterocycles. The first-order valence-corrected chi connectivity index (χ1v) is 10.2. The zero-order chi connectivity index (χ0) is 19.9. The van der Waals surface area contributed by atoms with Crippen LogP contribution in [0, 0.1) is 0 Å². The maximum absolute atomic E-state index is 4.61. The topological polar surface area (TPSA) is 70.1 Å². The van der Waals surface area contributed by atoms with Crippen molar-refractivity contribution >= 4 is 23.1 Å². The molecule has 3 heterocycles. The Morgan fingerprint density at radius 3 is 2.52 bits per heavy atom. The number of nitrogens with one attached hydrogen (secondary N) is 1. The Hall–Kier alpha value is -3.22. The molecule has 150 valence electrons. The van der Waals surface area contributed by atoms with E-state index in [1.165, 1.54) is 30.5 Å². The zero-order valence-electron chi connectivity index (χ0n) is 16.8. The molecule has 1 fully saturated rings. The van der Waals surface area contributed by atoms with Crippen LogP contribution in [0.1, 0.15) is 24.8 Å². The first-order valence-electron chi connectivity index (χ1n) is 10.2. The molecule has 1 aliphatic heterocycles. The van der Waals surface area contributed by atoms with Gasteiger partial charge in [-0.25, -0.2) is 0 Å². The normalized spacial score (nSPS) is 13.9. The predicted octanol–water partition coefficient (Wildman–Crippen LogP) is 3.68. The summed E-state index contributed by atoms with van der Waals surface area (Å²) in [5, 5.41) is 11.5. The lowest BCUT2D eigenvalue weighted by atomic mass is 10.1. The minimum Gasteiger partial charge on any atom is -0.372 e. The number of nitrogens with zero attached hydrogens (tertiary/aromatic N) is 6. The summed E-state index contributed by atoms with van der Waals surface area (Å²) in [5.74, 6) is 1.30. The largest absolute Gasteiger partial charge is 0.372 e. The molecule has 3 aromatic rings. The molecule has 1 aromatic carbocycles. The highest BCUT2D eigenvalue weighted by molar-refractivity contribution is 5.59. The molecule has 1 N–H and O–H groups in total. The van der Waals surface area contributed by atoms with Gasteiger partial charge in [0.25, 0.3) is 0 Å². The van der Waals surface area contributed by atoms with Crippen LogP contribution in [0.4, 0.5) is 23.1 Å². The fraction of sp³-hybridized carbons (Fsp3) is 0.364. The highest BCUT2D eigenvalue weighted by atomic mass is 15.3. The van der Waals surface area contributed by atoms with E-state index in [1.54, 1.807) is 6.20 Å². The van der Waals surface area contributed by atoms with Gasteiger partial charge in [0.2, 0.25) is 5.95 Å². The first kappa shape index (κ1) is 19.1. The number of aromatic nitrogens is 4. The molecule has 4 rings (SSSR count). The van der Waals surface area contributed by atoms with E-state index in [-0.39, 0.29) is 0 Å². The van der Waals surface area contributed by atoms with Crippen LogP contribution in [0.2, 0.25) is 0 Å². The van der Waals surface area contributed by atoms with Crippen molar-refractivity contribution in [1.82, 2.24) is 20.2 Å². The third kappa shape index (κ3) is 5.19. The highest BCUT2D eigenvalue weighted by Crippen LogP contribution is 2.23. The summed E-state index contributed by atoms with van der Waals surface area (Å²) in [5.41, 5.74) is 3.49. The maximum Gasteiger partial charge on any atom is 0.249 e. The summed E-state index contributed by atoms with van der Waals surface area (Å²) in [6, 6.07) is 12.5. The Labute approximate surface area is 171 Å². The molecule has 0 bridgehead atoms. The number of rotatable bonds is 7. The van der Waals surface area contributed by atoms with Crippen LogP contribution in [0.5, 0.6) is 0 Å². The van der Waals surface area contributed by atoms with E-state index < -0.39 is 0 Å². The van der Waals surface area contributed by atoms with E-state index in [2.05, 4.69) is 59.5 Å². The second kappa shape index (κ2) is 9.32. The molecule has 0 radical (unpaired) electrons. The average Bonchev–Trinajstić information content (AvgIpc) is 2.79. The standard InChI is InChI=1S/C22H27N7/c1-28(16-11-18-9-12-23-13-10-18)21-17-24-27-22(26-21)25-19-5-7-20(8-6-19)29-14-3-2-4-15-29/h5-10,12-13,17H,2-4,11,14-16H2,1H3,(H,25,26,27). The molecule has 0 aliphatic carbocycles. The molecule has 0 unspecified atom stereocenters. The molecular weight excluding hydrogens is 362 g/mol. The van der Waals surface area contributed by atoms with Gasteiger partial charge in [0.1, 0.15) is 0 Å². The monoisotopic (exact) mass is 389 g/mol. The van der Waals surface area contributed by atoms with Crippen LogP contribution < -0.4 is 15.1 Å². The van der Waals surface area contributed by atoms with Gasteiger partial charge in [-0.15, -0.1) is 5.10 Å². The zero-order valence-corrected chi connectivity index (χ0v) is 16.8. The van der Waals surface area contributed by atoms with Crippen molar-refractivity contribution in [3.63, 3.8) is 0 Å². The van der Waals surface area contributed by atoms with E-state index in [1.807, 2.05) is 31.6 Å². The number of piperidine rings is 1. The Morgan fingerprint density at radius 1 is 1.00 bits per heavy atom. The molecule has 7 nitrogen and oxygen atoms in total. The molecule has 0 spiro atoms. The SMILES string of the molecule is CN(CCc1ccncc1)c1cnnc(Nc2ccc(N3CCCCC3)cc2)n1. The highest BCUT2D eigenvalue weighted by Gasteiger charge is 2.11. The molecule has 1 aliphatic rings. The Morgan fingerprint density at radius 2 is 1.76 bits per heavy atom. The van der Waals surface area contributed by atoms with Gasteiger partial charge in [-0.3, -0.25) is 4.98 Å². The lowest BCUT2D eigenvalue weighted by Gasteiger charge is -2.28. The summed E-state index contributed by atoms with van der Waals surface area (Å²) < 4.78 is 0. The van der Waals surface area contributed by atoms with E-state index in [4.69, 9.17) is 0 Å². The molecule has 29 heavy (non-hydrogen) atoms. The second-order valence-corrected chi connectivity index (χ2v) is 7.38. The molecular formula is C22H27N7. The van der Waals surface area contributed by atoms with Gasteiger partial charge >= 0.3 is 0 Å². The number of likely N-dealkylation sites (N-methyl/N-ethyl adjacent to an activating group) is 1. The third-order valence-electron chi connectivity index (χ3n) is 5.27. The second-order valence-electron chi connectivity index (χ2n) is 7.38. The Kier molecular flexibility index (Phi) is 6.14. The van der Waals surface area contributed by atoms with Crippen LogP contribution >= 0.6 is 0 Å². The fourth-order valence-corrected chi connectivity index (χ4v) is 3.53. The van der Waals surface area contributed by atoms with Crippen molar-refractivity contribution < 1.29 is 0 Å². The van der Waals surface area contributed by atoms with Crippen molar-refractivity contribution in [3.05, 3.63) is 60.6 Å². The van der Waals surface area contributed by atoms with E-state index in [0.717, 1.165) is 37.6 Å². The van der Waals surface area contributed by atoms with Gasteiger partial charge in [-0.05, 0) is 67.6 Å². The minimum absolute atomic E-state index is 0.504. The van der Waals surface area contributed by atoms with Gasteiger partial charge in [0, 0.05) is 50.5 Å². The van der Waals surface area contributed by atoms with Crippen molar-refractivity contribution in [2.24, 2.45) is 0 Å². The predicted molar refractivity (Wildman–Crippen MR) is 117 cm³/mol. The molecule has 0 atom stereocenters. The smallest absolute Gasteiger partial charge is 0.249 e. The van der Waals surface area contributed by atoms with Gasteiger partial charge in [-0.1, -0.05) is 0 Å². The number of hydrogen-bond acceptors (Lipinski definition) is 7. The van der Waals surface area contributed by atoms with Crippen LogP contribution in [-0.2, 0) is 6.42 Å². The molecule has 0 saturated carbocycles. The van der Waals surface area contributed by atoms with Crippen LogP contribution in [0.15, 0.2) is 55.0 Å². The van der Waals surface area contributed by atoms with Crippen molar-refractivity contribution in [2.75, 3.05) is 41.8 Å². The maximum atomic E-state index is 4.61. The summed E-state index contributed by atoms with van der Waals surface area (Å²) in [7, 11) is 2.02. The summed E-state index contributed by atoms with van der Waals surface area (Å²) in [4.78, 5) is 13.2. The molecule has 7 heteroatoms. The lowest BCUT2D eigenvalue weighted by molar-refractivity contribution is 0.578. The quantitative estimate of drug-likeness (QED) is 0.661. The van der Waals surface area contributed by atoms with Crippen LogP contribution in [0.3, 0.4) is 0 Å². The Balaban J connectivity index is 1.36. The Bertz CT molecular complexity index is 893. The van der Waals surface area contributed by atoms with Gasteiger partial charge < -0.3 is 15.1 Å². The molecule has 2 aromatic heterocycles. The number of hydrogen-bond donors (Lipinski definition) is 1. The van der Waals surface area contributed by atoms with Gasteiger partial charge in [0.05, 0.1) is 6.20 Å². The summed E-state index contributed by atoms with van der Waals surface area (Å²) >= 11 is 0. The van der Waals surface area contributed by atoms with Gasteiger partial charge in [0.15, 0.2) is 5.82 Å². The fourth-order valence-electron chi connectivity index (χ4n) is 3.53. The summed E-state index contributed by atoms with van der Waals surface area (Å²) in [6.07, 6.45) is 10.1. The van der Waals surface area contributed by atoms with Crippen LogP contribution in [0.25, 0.3) is 0 Å². The van der Waals surface area contributed by atoms with E-state index in [9.17, 15) is 0 Å². The number of anilines is 4. The molecule has 0 amide bonds. The van der Waals surface area contributed by atoms with Crippen molar-refractivity contribution in [1.29, 1.82) is 0 Å². The number of pyridine rings is 1. The third-order valence-corrected chi connectivity index (χ3v) is 5.27. The first-order chi connectivity index (χ1) is 14.3. The van der Waals surface area contributed by atoms with E-state index in [0.29, 0.717) is 5.95 Å². The lowest BCUT2D eigenvalue weighted by Crippen LogP contribution is -2.29. The van der Waals surface area contributed by atoms with Crippen molar-refractivity contribution in [2.45, 2.75) is 25.7 Å². The van der Waals surface area contributed by atoms with Crippen LogP contribution in [-0.4, -0.2) is 46.8 Å². The van der Waals surface area contributed by atoms with Gasteiger partial charge in [-0.2, -0.15) is 10.1 Å². The van der Waals surface area contributed by atoms with Crippen molar-refractivity contribution in [3.8, 4) is 0 Å². The average molecular weight is 390 g/mol. The van der Waals surface area contributed by atoms with E-state index >= 15 is 0 Å². The number of benzene rings is 1. The summed E-state index contributed by atoms with van der Waals surface area (Å²) in [6.45, 7) is 3.13. The minimum atomic E-state index is 0.504.